The van der Waals surface area contributed by atoms with Crippen LogP contribution in [0.3, 0.4) is 0 Å². The van der Waals surface area contributed by atoms with Gasteiger partial charge in [-0.05, 0) is 36.4 Å². The van der Waals surface area contributed by atoms with Gasteiger partial charge in [0.2, 0.25) is 10.0 Å². The van der Waals surface area contributed by atoms with Gasteiger partial charge in [-0.1, -0.05) is 12.1 Å². The van der Waals surface area contributed by atoms with Crippen LogP contribution in [-0.4, -0.2) is 51.9 Å². The number of hydrogen-bond donors (Lipinski definition) is 1. The summed E-state index contributed by atoms with van der Waals surface area (Å²) in [7, 11) is -0.816. The molecule has 2 aromatic carbocycles. The van der Waals surface area contributed by atoms with E-state index < -0.39 is 35.1 Å². The number of para-hydroxylation sites is 1. The molecule has 0 atom stereocenters. The van der Waals surface area contributed by atoms with Crippen molar-refractivity contribution in [2.75, 3.05) is 26.0 Å². The molecule has 1 amide bonds. The van der Waals surface area contributed by atoms with E-state index in [9.17, 15) is 26.8 Å². The Bertz CT molecular complexity index is 978. The third-order valence-corrected chi connectivity index (χ3v) is 5.40. The highest BCUT2D eigenvalue weighted by Crippen LogP contribution is 2.21. The molecule has 0 aromatic heterocycles. The van der Waals surface area contributed by atoms with E-state index in [-0.39, 0.29) is 21.9 Å². The summed E-state index contributed by atoms with van der Waals surface area (Å²) in [4.78, 5) is 24.0. The van der Waals surface area contributed by atoms with E-state index >= 15 is 0 Å². The fourth-order valence-corrected chi connectivity index (χ4v) is 3.06. The van der Waals surface area contributed by atoms with Crippen molar-refractivity contribution in [3.05, 3.63) is 54.1 Å². The largest absolute Gasteiger partial charge is 0.452 e. The Morgan fingerprint density at radius 2 is 1.69 bits per heavy atom. The van der Waals surface area contributed by atoms with Crippen LogP contribution < -0.4 is 10.1 Å². The smallest absolute Gasteiger partial charge is 0.387 e. The second-order valence-electron chi connectivity index (χ2n) is 5.81. The van der Waals surface area contributed by atoms with E-state index in [1.165, 1.54) is 62.6 Å². The van der Waals surface area contributed by atoms with Crippen LogP contribution in [-0.2, 0) is 19.6 Å². The van der Waals surface area contributed by atoms with E-state index in [1.54, 1.807) is 0 Å². The standard InChI is InChI=1S/C18H18F2N2O6S/c1-22(2)29(25,26)13-9-7-12(8-10-13)21-16(23)11-27-17(24)14-5-3-4-6-15(14)28-18(19)20/h3-10,18H,11H2,1-2H3,(H,21,23). The molecular formula is C18H18F2N2O6S. The fraction of sp³-hybridized carbons (Fsp3) is 0.222. The Morgan fingerprint density at radius 3 is 2.28 bits per heavy atom. The zero-order valence-corrected chi connectivity index (χ0v) is 16.3. The number of ether oxygens (including phenoxy) is 2. The van der Waals surface area contributed by atoms with Crippen LogP contribution in [0.25, 0.3) is 0 Å². The number of anilines is 1. The Hall–Kier alpha value is -3.05. The molecule has 11 heteroatoms. The number of nitrogens with one attached hydrogen (secondary N) is 1. The van der Waals surface area contributed by atoms with Crippen LogP contribution >= 0.6 is 0 Å². The molecule has 0 unspecified atom stereocenters. The topological polar surface area (TPSA) is 102 Å². The Balaban J connectivity index is 1.96. The summed E-state index contributed by atoms with van der Waals surface area (Å²) < 4.78 is 58.9. The number of esters is 1. The second kappa shape index (κ2) is 9.43. The minimum absolute atomic E-state index is 0.0440. The van der Waals surface area contributed by atoms with E-state index in [0.29, 0.717) is 0 Å². The predicted octanol–water partition coefficient (Wildman–Crippen LogP) is 2.33. The first kappa shape index (κ1) is 22.2. The van der Waals surface area contributed by atoms with E-state index in [0.717, 1.165) is 4.31 Å². The van der Waals surface area contributed by atoms with Crippen LogP contribution in [0, 0.1) is 0 Å². The fourth-order valence-electron chi connectivity index (χ4n) is 2.16. The molecule has 29 heavy (non-hydrogen) atoms. The number of rotatable bonds is 8. The van der Waals surface area contributed by atoms with Crippen LogP contribution in [0.4, 0.5) is 14.5 Å². The van der Waals surface area contributed by atoms with Gasteiger partial charge in [-0.25, -0.2) is 17.5 Å². The quantitative estimate of drug-likeness (QED) is 0.648. The zero-order chi connectivity index (χ0) is 21.6. The minimum Gasteiger partial charge on any atom is -0.452 e. The van der Waals surface area contributed by atoms with Gasteiger partial charge in [0.1, 0.15) is 11.3 Å². The molecule has 2 rings (SSSR count). The lowest BCUT2D eigenvalue weighted by atomic mass is 10.2. The molecule has 0 bridgehead atoms. The number of hydrogen-bond acceptors (Lipinski definition) is 6. The molecule has 0 aliphatic carbocycles. The van der Waals surface area contributed by atoms with Gasteiger partial charge in [-0.2, -0.15) is 8.78 Å². The number of carbonyl (C=O) groups excluding carboxylic acids is 2. The number of carbonyl (C=O) groups is 2. The van der Waals surface area contributed by atoms with Crippen molar-refractivity contribution in [2.45, 2.75) is 11.5 Å². The van der Waals surface area contributed by atoms with Gasteiger partial charge < -0.3 is 14.8 Å². The molecule has 0 saturated carbocycles. The highest BCUT2D eigenvalue weighted by molar-refractivity contribution is 7.89. The molecule has 2 aromatic rings. The summed E-state index contributed by atoms with van der Waals surface area (Å²) in [6.07, 6.45) is 0. The van der Waals surface area contributed by atoms with Crippen molar-refractivity contribution >= 4 is 27.6 Å². The van der Waals surface area contributed by atoms with Crippen LogP contribution in [0.15, 0.2) is 53.4 Å². The number of alkyl halides is 2. The molecule has 156 valence electrons. The van der Waals surface area contributed by atoms with E-state index in [1.807, 2.05) is 0 Å². The van der Waals surface area contributed by atoms with Crippen LogP contribution in [0.2, 0.25) is 0 Å². The minimum atomic E-state index is -3.60. The molecule has 1 N–H and O–H groups in total. The maximum absolute atomic E-state index is 12.4. The average Bonchev–Trinajstić information content (AvgIpc) is 2.66. The van der Waals surface area contributed by atoms with Crippen molar-refractivity contribution in [3.63, 3.8) is 0 Å². The Morgan fingerprint density at radius 1 is 1.07 bits per heavy atom. The SMILES string of the molecule is CN(C)S(=O)(=O)c1ccc(NC(=O)COC(=O)c2ccccc2OC(F)F)cc1. The van der Waals surface area contributed by atoms with Gasteiger partial charge in [-0.15, -0.1) is 0 Å². The molecular weight excluding hydrogens is 410 g/mol. The highest BCUT2D eigenvalue weighted by Gasteiger charge is 2.19. The molecule has 0 heterocycles. The summed E-state index contributed by atoms with van der Waals surface area (Å²) in [5.74, 6) is -2.08. The van der Waals surface area contributed by atoms with Crippen molar-refractivity contribution in [2.24, 2.45) is 0 Å². The maximum atomic E-state index is 12.4. The van der Waals surface area contributed by atoms with Gasteiger partial charge in [0, 0.05) is 19.8 Å². The third-order valence-electron chi connectivity index (χ3n) is 3.57. The van der Waals surface area contributed by atoms with Gasteiger partial charge in [0.15, 0.2) is 6.61 Å². The summed E-state index contributed by atoms with van der Waals surface area (Å²) in [6, 6.07) is 10.6. The number of nitrogens with zero attached hydrogens (tertiary/aromatic N) is 1. The first-order valence-corrected chi connectivity index (χ1v) is 9.58. The lowest BCUT2D eigenvalue weighted by Crippen LogP contribution is -2.23. The third kappa shape index (κ3) is 5.96. The molecule has 0 saturated heterocycles. The predicted molar refractivity (Wildman–Crippen MR) is 99.3 cm³/mol. The van der Waals surface area contributed by atoms with Crippen LogP contribution in [0.1, 0.15) is 10.4 Å². The maximum Gasteiger partial charge on any atom is 0.387 e. The number of benzene rings is 2. The summed E-state index contributed by atoms with van der Waals surface area (Å²) in [6.45, 7) is -3.80. The summed E-state index contributed by atoms with van der Waals surface area (Å²) >= 11 is 0. The van der Waals surface area contributed by atoms with Crippen molar-refractivity contribution < 1.29 is 36.3 Å². The molecule has 0 aliphatic rings. The molecule has 8 nitrogen and oxygen atoms in total. The monoisotopic (exact) mass is 428 g/mol. The Labute approximate surface area is 166 Å². The average molecular weight is 428 g/mol. The summed E-state index contributed by atoms with van der Waals surface area (Å²) in [5.41, 5.74) is 0.0315. The molecule has 0 aliphatic heterocycles. The van der Waals surface area contributed by atoms with Crippen molar-refractivity contribution in [1.82, 2.24) is 4.31 Å². The van der Waals surface area contributed by atoms with Crippen molar-refractivity contribution in [1.29, 1.82) is 0 Å². The van der Waals surface area contributed by atoms with Crippen molar-refractivity contribution in [3.8, 4) is 5.75 Å². The normalized spacial score (nSPS) is 11.4. The van der Waals surface area contributed by atoms with E-state index in [4.69, 9.17) is 4.74 Å². The number of amides is 1. The molecule has 0 spiro atoms. The van der Waals surface area contributed by atoms with Gasteiger partial charge in [0.05, 0.1) is 4.90 Å². The van der Waals surface area contributed by atoms with Crippen LogP contribution in [0.5, 0.6) is 5.75 Å². The second-order valence-corrected chi connectivity index (χ2v) is 7.96. The summed E-state index contributed by atoms with van der Waals surface area (Å²) in [5, 5.41) is 2.43. The number of halogens is 2. The zero-order valence-electron chi connectivity index (χ0n) is 15.5. The van der Waals surface area contributed by atoms with Gasteiger partial charge in [0.25, 0.3) is 5.91 Å². The van der Waals surface area contributed by atoms with Gasteiger partial charge in [-0.3, -0.25) is 4.79 Å². The first-order valence-electron chi connectivity index (χ1n) is 8.14. The molecule has 0 fully saturated rings. The molecule has 0 radical (unpaired) electrons. The number of sulfonamides is 1. The Kier molecular flexibility index (Phi) is 7.23. The van der Waals surface area contributed by atoms with Gasteiger partial charge >= 0.3 is 12.6 Å². The highest BCUT2D eigenvalue weighted by atomic mass is 32.2. The lowest BCUT2D eigenvalue weighted by Gasteiger charge is -2.12. The van der Waals surface area contributed by atoms with E-state index in [2.05, 4.69) is 10.1 Å². The lowest BCUT2D eigenvalue weighted by molar-refractivity contribution is -0.119. The first-order chi connectivity index (χ1) is 13.6.